The molecule has 0 saturated carbocycles. The second-order valence-electron chi connectivity index (χ2n) is 4.20. The molecule has 0 aliphatic carbocycles. The van der Waals surface area contributed by atoms with Crippen LogP contribution in [0.3, 0.4) is 0 Å². The minimum atomic E-state index is -0.242. The summed E-state index contributed by atoms with van der Waals surface area (Å²) in [6.07, 6.45) is 1.94. The number of fused-ring (bicyclic) bond motifs is 1. The molecule has 0 radical (unpaired) electrons. The van der Waals surface area contributed by atoms with Gasteiger partial charge in [-0.2, -0.15) is 0 Å². The minimum Gasteiger partial charge on any atom is -0.462 e. The van der Waals surface area contributed by atoms with Gasteiger partial charge in [0.25, 0.3) is 0 Å². The second kappa shape index (κ2) is 6.01. The molecule has 0 unspecified atom stereocenters. The normalized spacial score (nSPS) is 10.6. The molecular weight excluding hydrogens is 292 g/mol. The number of hydrogen-bond donors (Lipinski definition) is 0. The topological polar surface area (TPSA) is 26.3 Å². The highest BCUT2D eigenvalue weighted by molar-refractivity contribution is 9.10. The highest BCUT2D eigenvalue weighted by Gasteiger charge is 2.07. The molecule has 3 heteroatoms. The van der Waals surface area contributed by atoms with Crippen molar-refractivity contribution in [3.63, 3.8) is 0 Å². The van der Waals surface area contributed by atoms with Crippen molar-refractivity contribution in [3.8, 4) is 0 Å². The summed E-state index contributed by atoms with van der Waals surface area (Å²) in [5.41, 5.74) is 0.612. The Hall–Kier alpha value is -1.35. The Bertz CT molecular complexity index is 563. The summed E-state index contributed by atoms with van der Waals surface area (Å²) in [6, 6.07) is 11.6. The zero-order chi connectivity index (χ0) is 13.0. The maximum Gasteiger partial charge on any atom is 0.338 e. The summed E-state index contributed by atoms with van der Waals surface area (Å²) < 4.78 is 6.23. The predicted molar refractivity (Wildman–Crippen MR) is 76.8 cm³/mol. The number of hydrogen-bond acceptors (Lipinski definition) is 2. The van der Waals surface area contributed by atoms with E-state index >= 15 is 0 Å². The predicted octanol–water partition coefficient (Wildman–Crippen LogP) is 4.56. The quantitative estimate of drug-likeness (QED) is 0.611. The fraction of sp³-hybridized carbons (Fsp3) is 0.267. The summed E-state index contributed by atoms with van der Waals surface area (Å²) in [5, 5.41) is 2.15. The first-order chi connectivity index (χ1) is 8.70. The summed E-state index contributed by atoms with van der Waals surface area (Å²) in [4.78, 5) is 11.8. The van der Waals surface area contributed by atoms with Crippen LogP contribution < -0.4 is 0 Å². The van der Waals surface area contributed by atoms with Crippen LogP contribution >= 0.6 is 15.9 Å². The van der Waals surface area contributed by atoms with Crippen LogP contribution in [0.4, 0.5) is 0 Å². The van der Waals surface area contributed by atoms with Crippen LogP contribution in [-0.4, -0.2) is 12.6 Å². The highest BCUT2D eigenvalue weighted by atomic mass is 79.9. The molecule has 2 aromatic carbocycles. The lowest BCUT2D eigenvalue weighted by Crippen LogP contribution is -2.06. The molecule has 0 bridgehead atoms. The smallest absolute Gasteiger partial charge is 0.338 e. The van der Waals surface area contributed by atoms with Crippen LogP contribution in [0.15, 0.2) is 40.9 Å². The van der Waals surface area contributed by atoms with E-state index < -0.39 is 0 Å². The first kappa shape index (κ1) is 13.1. The summed E-state index contributed by atoms with van der Waals surface area (Å²) >= 11 is 3.43. The Morgan fingerprint density at radius 1 is 1.17 bits per heavy atom. The molecule has 18 heavy (non-hydrogen) atoms. The number of rotatable bonds is 4. The maximum absolute atomic E-state index is 11.8. The molecule has 0 spiro atoms. The number of carbonyl (C=O) groups excluding carboxylic acids is 1. The SMILES string of the molecule is CCCCOC(=O)c1ccc2cc(Br)ccc2c1. The maximum atomic E-state index is 11.8. The monoisotopic (exact) mass is 306 g/mol. The van der Waals surface area contributed by atoms with Crippen LogP contribution in [0.25, 0.3) is 10.8 Å². The summed E-state index contributed by atoms with van der Waals surface area (Å²) in [7, 11) is 0. The molecule has 0 atom stereocenters. The van der Waals surface area contributed by atoms with Gasteiger partial charge in [-0.25, -0.2) is 4.79 Å². The molecule has 0 aromatic heterocycles. The standard InChI is InChI=1S/C15H15BrO2/c1-2-3-8-18-15(17)13-5-4-12-10-14(16)7-6-11(12)9-13/h4-7,9-10H,2-3,8H2,1H3. The molecule has 2 aromatic rings. The van der Waals surface area contributed by atoms with E-state index in [1.807, 2.05) is 36.4 Å². The van der Waals surface area contributed by atoms with E-state index in [4.69, 9.17) is 4.74 Å². The number of carbonyl (C=O) groups is 1. The average Bonchev–Trinajstić information content (AvgIpc) is 2.38. The first-order valence-electron chi connectivity index (χ1n) is 6.07. The molecule has 94 valence electrons. The molecule has 0 saturated heterocycles. The second-order valence-corrected chi connectivity index (χ2v) is 5.11. The fourth-order valence-electron chi connectivity index (χ4n) is 1.74. The zero-order valence-corrected chi connectivity index (χ0v) is 11.9. The van der Waals surface area contributed by atoms with Gasteiger partial charge in [-0.15, -0.1) is 0 Å². The molecule has 0 heterocycles. The van der Waals surface area contributed by atoms with Gasteiger partial charge in [-0.1, -0.05) is 41.4 Å². The van der Waals surface area contributed by atoms with Crippen LogP contribution in [0.2, 0.25) is 0 Å². The third kappa shape index (κ3) is 3.10. The molecule has 2 rings (SSSR count). The molecule has 2 nitrogen and oxygen atoms in total. The molecular formula is C15H15BrO2. The Morgan fingerprint density at radius 2 is 1.89 bits per heavy atom. The fourth-order valence-corrected chi connectivity index (χ4v) is 2.11. The van der Waals surface area contributed by atoms with Gasteiger partial charge in [-0.3, -0.25) is 0 Å². The molecule has 0 fully saturated rings. The third-order valence-corrected chi connectivity index (χ3v) is 3.26. The number of halogens is 1. The van der Waals surface area contributed by atoms with Crippen molar-refractivity contribution in [1.29, 1.82) is 0 Å². The number of esters is 1. The minimum absolute atomic E-state index is 0.242. The van der Waals surface area contributed by atoms with Gasteiger partial charge in [0, 0.05) is 4.47 Å². The lowest BCUT2D eigenvalue weighted by atomic mass is 10.1. The molecule has 0 N–H and O–H groups in total. The van der Waals surface area contributed by atoms with Crippen molar-refractivity contribution in [1.82, 2.24) is 0 Å². The van der Waals surface area contributed by atoms with Crippen LogP contribution in [-0.2, 0) is 4.74 Å². The molecule has 0 amide bonds. The Kier molecular flexibility index (Phi) is 4.37. The van der Waals surface area contributed by atoms with E-state index in [1.54, 1.807) is 0 Å². The summed E-state index contributed by atoms with van der Waals surface area (Å²) in [5.74, 6) is -0.242. The highest BCUT2D eigenvalue weighted by Crippen LogP contribution is 2.21. The molecule has 0 aliphatic rings. The lowest BCUT2D eigenvalue weighted by Gasteiger charge is -2.05. The van der Waals surface area contributed by atoms with E-state index in [0.717, 1.165) is 28.1 Å². The van der Waals surface area contributed by atoms with Gasteiger partial charge in [-0.05, 0) is 41.5 Å². The number of ether oxygens (including phenoxy) is 1. The van der Waals surface area contributed by atoms with E-state index in [-0.39, 0.29) is 5.97 Å². The van der Waals surface area contributed by atoms with Crippen molar-refractivity contribution in [2.24, 2.45) is 0 Å². The Morgan fingerprint density at radius 3 is 2.67 bits per heavy atom. The average molecular weight is 307 g/mol. The number of benzene rings is 2. The Balaban J connectivity index is 2.19. The van der Waals surface area contributed by atoms with Crippen molar-refractivity contribution < 1.29 is 9.53 Å². The van der Waals surface area contributed by atoms with Gasteiger partial charge < -0.3 is 4.74 Å². The van der Waals surface area contributed by atoms with Crippen LogP contribution in [0.5, 0.6) is 0 Å². The van der Waals surface area contributed by atoms with E-state index in [0.29, 0.717) is 12.2 Å². The zero-order valence-electron chi connectivity index (χ0n) is 10.3. The van der Waals surface area contributed by atoms with E-state index in [9.17, 15) is 4.79 Å². The van der Waals surface area contributed by atoms with Crippen LogP contribution in [0.1, 0.15) is 30.1 Å². The van der Waals surface area contributed by atoms with Crippen molar-refractivity contribution in [2.45, 2.75) is 19.8 Å². The largest absolute Gasteiger partial charge is 0.462 e. The van der Waals surface area contributed by atoms with Gasteiger partial charge >= 0.3 is 5.97 Å². The molecule has 0 aliphatic heterocycles. The van der Waals surface area contributed by atoms with Gasteiger partial charge in [0.1, 0.15) is 0 Å². The van der Waals surface area contributed by atoms with E-state index in [1.165, 1.54) is 0 Å². The van der Waals surface area contributed by atoms with Crippen LogP contribution in [0, 0.1) is 0 Å². The van der Waals surface area contributed by atoms with Crippen molar-refractivity contribution in [2.75, 3.05) is 6.61 Å². The van der Waals surface area contributed by atoms with E-state index in [2.05, 4.69) is 22.9 Å². The van der Waals surface area contributed by atoms with Gasteiger partial charge in [0.2, 0.25) is 0 Å². The van der Waals surface area contributed by atoms with Crippen molar-refractivity contribution in [3.05, 3.63) is 46.4 Å². The first-order valence-corrected chi connectivity index (χ1v) is 6.86. The summed E-state index contributed by atoms with van der Waals surface area (Å²) in [6.45, 7) is 2.56. The van der Waals surface area contributed by atoms with Crippen molar-refractivity contribution >= 4 is 32.7 Å². The van der Waals surface area contributed by atoms with Gasteiger partial charge in [0.15, 0.2) is 0 Å². The lowest BCUT2D eigenvalue weighted by molar-refractivity contribution is 0.0500. The van der Waals surface area contributed by atoms with Gasteiger partial charge in [0.05, 0.1) is 12.2 Å². The number of unbranched alkanes of at least 4 members (excludes halogenated alkanes) is 1. The Labute approximate surface area is 115 Å². The third-order valence-electron chi connectivity index (χ3n) is 2.77.